The zero-order valence-corrected chi connectivity index (χ0v) is 7.99. The monoisotopic (exact) mass is 180 g/mol. The van der Waals surface area contributed by atoms with Crippen molar-refractivity contribution >= 4 is 10.8 Å². The van der Waals surface area contributed by atoms with E-state index < -0.39 is 10.8 Å². The Labute approximate surface area is 75.3 Å². The first-order valence-electron chi connectivity index (χ1n) is 4.31. The van der Waals surface area contributed by atoms with Crippen LogP contribution in [0.1, 0.15) is 18.1 Å². The summed E-state index contributed by atoms with van der Waals surface area (Å²) in [5.41, 5.74) is 2.58. The van der Waals surface area contributed by atoms with Crippen molar-refractivity contribution in [3.8, 4) is 0 Å². The van der Waals surface area contributed by atoms with Crippen LogP contribution in [0.3, 0.4) is 0 Å². The molecule has 0 aromatic heterocycles. The van der Waals surface area contributed by atoms with Gasteiger partial charge in [-0.1, -0.05) is 19.1 Å². The van der Waals surface area contributed by atoms with Gasteiger partial charge >= 0.3 is 0 Å². The fraction of sp³-hybridized carbons (Fsp3) is 0.400. The smallest absolute Gasteiger partial charge is 0.0535 e. The summed E-state index contributed by atoms with van der Waals surface area (Å²) in [6.45, 7) is 2.12. The second-order valence-electron chi connectivity index (χ2n) is 3.10. The van der Waals surface area contributed by atoms with E-state index >= 15 is 0 Å². The first-order valence-corrected chi connectivity index (χ1v) is 5.63. The molecule has 0 spiro atoms. The lowest BCUT2D eigenvalue weighted by atomic mass is 10.1. The van der Waals surface area contributed by atoms with Crippen molar-refractivity contribution in [2.45, 2.75) is 24.7 Å². The molecule has 12 heavy (non-hydrogen) atoms. The predicted molar refractivity (Wildman–Crippen MR) is 50.8 cm³/mol. The number of hydrogen-bond donors (Lipinski definition) is 0. The summed E-state index contributed by atoms with van der Waals surface area (Å²) in [7, 11) is -0.710. The van der Waals surface area contributed by atoms with E-state index in [0.29, 0.717) is 0 Å². The molecule has 0 saturated heterocycles. The van der Waals surface area contributed by atoms with Crippen LogP contribution in [0.5, 0.6) is 0 Å². The van der Waals surface area contributed by atoms with E-state index in [1.807, 2.05) is 0 Å². The third-order valence-corrected chi connectivity index (χ3v) is 3.79. The molecule has 1 aromatic rings. The molecule has 1 unspecified atom stereocenters. The molecule has 0 N–H and O–H groups in total. The van der Waals surface area contributed by atoms with E-state index in [9.17, 15) is 4.21 Å². The minimum atomic E-state index is -0.710. The standard InChI is InChI=1S/C10H12OS/c1-2-8-3-4-9-5-6-12(11)10(9)7-8/h3-4,7H,2,5-6H2,1H3. The molecule has 1 aromatic carbocycles. The van der Waals surface area contributed by atoms with E-state index in [2.05, 4.69) is 25.1 Å². The van der Waals surface area contributed by atoms with Crippen LogP contribution in [0.15, 0.2) is 23.1 Å². The zero-order valence-electron chi connectivity index (χ0n) is 7.17. The lowest BCUT2D eigenvalue weighted by Crippen LogP contribution is -1.88. The summed E-state index contributed by atoms with van der Waals surface area (Å²) in [4.78, 5) is 1.08. The highest BCUT2D eigenvalue weighted by molar-refractivity contribution is 7.85. The Morgan fingerprint density at radius 1 is 1.50 bits per heavy atom. The number of rotatable bonds is 1. The van der Waals surface area contributed by atoms with E-state index in [4.69, 9.17) is 0 Å². The topological polar surface area (TPSA) is 17.1 Å². The van der Waals surface area contributed by atoms with Crippen LogP contribution in [0.2, 0.25) is 0 Å². The first-order chi connectivity index (χ1) is 5.81. The van der Waals surface area contributed by atoms with E-state index in [1.54, 1.807) is 0 Å². The highest BCUT2D eigenvalue weighted by atomic mass is 32.2. The molecule has 0 radical (unpaired) electrons. The Morgan fingerprint density at radius 2 is 2.33 bits per heavy atom. The van der Waals surface area contributed by atoms with Crippen LogP contribution in [0, 0.1) is 0 Å². The summed E-state index contributed by atoms with van der Waals surface area (Å²) in [6.07, 6.45) is 2.02. The van der Waals surface area contributed by atoms with Gasteiger partial charge in [-0.2, -0.15) is 0 Å². The van der Waals surface area contributed by atoms with Gasteiger partial charge in [-0.3, -0.25) is 4.21 Å². The molecule has 1 aliphatic rings. The van der Waals surface area contributed by atoms with Gasteiger partial charge in [-0.25, -0.2) is 0 Å². The van der Waals surface area contributed by atoms with Crippen LogP contribution in [0.25, 0.3) is 0 Å². The maximum atomic E-state index is 11.4. The minimum absolute atomic E-state index is 0.710. The van der Waals surface area contributed by atoms with Gasteiger partial charge < -0.3 is 0 Å². The molecule has 0 fully saturated rings. The third kappa shape index (κ3) is 1.20. The molecule has 2 rings (SSSR count). The second-order valence-corrected chi connectivity index (χ2v) is 4.63. The molecule has 1 atom stereocenters. The normalized spacial score (nSPS) is 20.9. The Hall–Kier alpha value is -0.630. The average molecular weight is 180 g/mol. The minimum Gasteiger partial charge on any atom is -0.254 e. The van der Waals surface area contributed by atoms with Gasteiger partial charge in [-0.05, 0) is 30.0 Å². The van der Waals surface area contributed by atoms with Crippen LogP contribution < -0.4 is 0 Å². The van der Waals surface area contributed by atoms with E-state index in [-0.39, 0.29) is 0 Å². The van der Waals surface area contributed by atoms with Gasteiger partial charge in [0.25, 0.3) is 0 Å². The van der Waals surface area contributed by atoms with Crippen LogP contribution in [0.4, 0.5) is 0 Å². The van der Waals surface area contributed by atoms with Crippen LogP contribution in [-0.2, 0) is 23.6 Å². The lowest BCUT2D eigenvalue weighted by Gasteiger charge is -2.00. The molecule has 0 amide bonds. The fourth-order valence-corrected chi connectivity index (χ4v) is 2.92. The van der Waals surface area contributed by atoms with Crippen molar-refractivity contribution in [3.63, 3.8) is 0 Å². The Bertz CT molecular complexity index is 331. The fourth-order valence-electron chi connectivity index (χ4n) is 1.55. The van der Waals surface area contributed by atoms with Gasteiger partial charge in [0.15, 0.2) is 0 Å². The molecule has 0 bridgehead atoms. The highest BCUT2D eigenvalue weighted by Crippen LogP contribution is 2.23. The van der Waals surface area contributed by atoms with Crippen molar-refractivity contribution in [2.75, 3.05) is 5.75 Å². The van der Waals surface area contributed by atoms with Gasteiger partial charge in [0.1, 0.15) is 0 Å². The summed E-state index contributed by atoms with van der Waals surface area (Å²) in [5.74, 6) is 0.822. The third-order valence-electron chi connectivity index (χ3n) is 2.34. The van der Waals surface area contributed by atoms with E-state index in [0.717, 1.165) is 23.5 Å². The molecule has 0 saturated carbocycles. The molecule has 2 heteroatoms. The van der Waals surface area contributed by atoms with Crippen molar-refractivity contribution in [1.29, 1.82) is 0 Å². The van der Waals surface area contributed by atoms with Crippen molar-refractivity contribution in [2.24, 2.45) is 0 Å². The lowest BCUT2D eigenvalue weighted by molar-refractivity contribution is 0.685. The largest absolute Gasteiger partial charge is 0.254 e. The van der Waals surface area contributed by atoms with E-state index in [1.165, 1.54) is 11.1 Å². The van der Waals surface area contributed by atoms with Crippen molar-refractivity contribution in [1.82, 2.24) is 0 Å². The number of aryl methyl sites for hydroxylation is 2. The molecule has 1 nitrogen and oxygen atoms in total. The maximum Gasteiger partial charge on any atom is 0.0535 e. The molecular weight excluding hydrogens is 168 g/mol. The summed E-state index contributed by atoms with van der Waals surface area (Å²) in [5, 5.41) is 0. The van der Waals surface area contributed by atoms with Gasteiger partial charge in [0.2, 0.25) is 0 Å². The number of fused-ring (bicyclic) bond motifs is 1. The van der Waals surface area contributed by atoms with Gasteiger partial charge in [-0.15, -0.1) is 0 Å². The predicted octanol–water partition coefficient (Wildman–Crippen LogP) is 1.91. The Morgan fingerprint density at radius 3 is 3.08 bits per heavy atom. The number of benzene rings is 1. The second kappa shape index (κ2) is 3.02. The Kier molecular flexibility index (Phi) is 2.01. The highest BCUT2D eigenvalue weighted by Gasteiger charge is 2.17. The quantitative estimate of drug-likeness (QED) is 0.645. The molecular formula is C10H12OS. The molecule has 1 heterocycles. The molecule has 1 aliphatic heterocycles. The molecule has 0 aliphatic carbocycles. The zero-order chi connectivity index (χ0) is 8.55. The summed E-state index contributed by atoms with van der Waals surface area (Å²) >= 11 is 0. The maximum absolute atomic E-state index is 11.4. The van der Waals surface area contributed by atoms with Crippen molar-refractivity contribution in [3.05, 3.63) is 29.3 Å². The van der Waals surface area contributed by atoms with Crippen molar-refractivity contribution < 1.29 is 4.21 Å². The van der Waals surface area contributed by atoms with Crippen LogP contribution in [-0.4, -0.2) is 9.96 Å². The summed E-state index contributed by atoms with van der Waals surface area (Å²) < 4.78 is 11.4. The average Bonchev–Trinajstić information content (AvgIpc) is 2.47. The first kappa shape index (κ1) is 7.99. The van der Waals surface area contributed by atoms with Gasteiger partial charge in [0.05, 0.1) is 10.8 Å². The van der Waals surface area contributed by atoms with Crippen LogP contribution >= 0.6 is 0 Å². The SMILES string of the molecule is CCc1ccc2c(c1)S(=O)CC2. The number of hydrogen-bond acceptors (Lipinski definition) is 1. The molecule has 64 valence electrons. The Balaban J connectivity index is 2.50. The summed E-state index contributed by atoms with van der Waals surface area (Å²) in [6, 6.07) is 6.36. The van der Waals surface area contributed by atoms with Gasteiger partial charge in [0, 0.05) is 10.6 Å².